The summed E-state index contributed by atoms with van der Waals surface area (Å²) in [6.45, 7) is 10.2. The molecule has 11 heteroatoms. The van der Waals surface area contributed by atoms with Gasteiger partial charge in [-0.1, -0.05) is 27.7 Å². The van der Waals surface area contributed by atoms with Gasteiger partial charge in [0.1, 0.15) is 19.5 Å². The lowest BCUT2D eigenvalue weighted by atomic mass is 10.1. The standard InChI is InChI=1S/C23H43N3O8/c1-18(2)21(28)16-33-13-11-32-10-8-25-23(30)17-34-14-12-31-9-7-24-22(29)6-5-20(15-27)26-19(3)4/h15,18-20,26H,5-14,16-17H2,1-4H3,(H,24,29)(H,25,30). The molecule has 0 saturated carbocycles. The van der Waals surface area contributed by atoms with Gasteiger partial charge in [-0.15, -0.1) is 0 Å². The van der Waals surface area contributed by atoms with Crippen molar-refractivity contribution in [3.63, 3.8) is 0 Å². The van der Waals surface area contributed by atoms with Crippen molar-refractivity contribution in [2.24, 2.45) is 5.92 Å². The van der Waals surface area contributed by atoms with Gasteiger partial charge in [0.25, 0.3) is 0 Å². The van der Waals surface area contributed by atoms with Crippen LogP contribution >= 0.6 is 0 Å². The first-order chi connectivity index (χ1) is 16.3. The molecule has 0 radical (unpaired) electrons. The number of hydrogen-bond donors (Lipinski definition) is 3. The summed E-state index contributed by atoms with van der Waals surface area (Å²) in [6, 6.07) is -0.144. The van der Waals surface area contributed by atoms with Crippen LogP contribution in [0.3, 0.4) is 0 Å². The number of ether oxygens (including phenoxy) is 4. The van der Waals surface area contributed by atoms with Crippen molar-refractivity contribution in [3.05, 3.63) is 0 Å². The lowest BCUT2D eigenvalue weighted by Gasteiger charge is -2.15. The molecule has 11 nitrogen and oxygen atoms in total. The topological polar surface area (TPSA) is 141 Å². The van der Waals surface area contributed by atoms with Crippen molar-refractivity contribution in [2.45, 2.75) is 52.6 Å². The molecule has 1 unspecified atom stereocenters. The second-order valence-electron chi connectivity index (χ2n) is 8.25. The van der Waals surface area contributed by atoms with E-state index in [1.54, 1.807) is 0 Å². The Balaban J connectivity index is 3.45. The molecule has 2 amide bonds. The van der Waals surface area contributed by atoms with E-state index in [1.807, 2.05) is 27.7 Å². The third-order valence-corrected chi connectivity index (χ3v) is 4.40. The molecule has 0 aromatic rings. The number of hydrogen-bond acceptors (Lipinski definition) is 9. The normalized spacial score (nSPS) is 12.1. The van der Waals surface area contributed by atoms with Crippen LogP contribution in [0.1, 0.15) is 40.5 Å². The van der Waals surface area contributed by atoms with E-state index in [9.17, 15) is 19.2 Å². The van der Waals surface area contributed by atoms with Crippen LogP contribution < -0.4 is 16.0 Å². The molecule has 198 valence electrons. The molecule has 0 fully saturated rings. The van der Waals surface area contributed by atoms with Gasteiger partial charge in [-0.2, -0.15) is 0 Å². The van der Waals surface area contributed by atoms with E-state index >= 15 is 0 Å². The molecule has 34 heavy (non-hydrogen) atoms. The predicted molar refractivity (Wildman–Crippen MR) is 126 cm³/mol. The van der Waals surface area contributed by atoms with Crippen LogP contribution in [0.25, 0.3) is 0 Å². The quantitative estimate of drug-likeness (QED) is 0.132. The molecule has 0 saturated heterocycles. The van der Waals surface area contributed by atoms with Crippen molar-refractivity contribution in [1.82, 2.24) is 16.0 Å². The summed E-state index contributed by atoms with van der Waals surface area (Å²) in [6.07, 6.45) is 1.53. The van der Waals surface area contributed by atoms with E-state index in [4.69, 9.17) is 18.9 Å². The van der Waals surface area contributed by atoms with Crippen LogP contribution in [-0.2, 0) is 38.1 Å². The third-order valence-electron chi connectivity index (χ3n) is 4.40. The fraction of sp³-hybridized carbons (Fsp3) is 0.826. The first kappa shape index (κ1) is 32.1. The Morgan fingerprint density at radius 1 is 0.735 bits per heavy atom. The maximum absolute atomic E-state index is 11.8. The zero-order chi connectivity index (χ0) is 25.6. The third kappa shape index (κ3) is 20.7. The summed E-state index contributed by atoms with van der Waals surface area (Å²) in [5.74, 6) is -0.369. The second-order valence-corrected chi connectivity index (χ2v) is 8.25. The fourth-order valence-corrected chi connectivity index (χ4v) is 2.51. The molecule has 3 N–H and O–H groups in total. The molecule has 0 bridgehead atoms. The number of Topliss-reactive ketones (excluding diaryl/α,β-unsaturated/α-hetero) is 1. The predicted octanol–water partition coefficient (Wildman–Crippen LogP) is -0.144. The second kappa shape index (κ2) is 21.6. The summed E-state index contributed by atoms with van der Waals surface area (Å²) < 4.78 is 21.1. The molecule has 0 heterocycles. The van der Waals surface area contributed by atoms with E-state index in [0.29, 0.717) is 52.5 Å². The van der Waals surface area contributed by atoms with E-state index < -0.39 is 0 Å². The Hall–Kier alpha value is -1.92. The number of amides is 2. The molecule has 0 aliphatic heterocycles. The number of carbonyl (C=O) groups is 4. The van der Waals surface area contributed by atoms with E-state index in [-0.39, 0.29) is 61.8 Å². The smallest absolute Gasteiger partial charge is 0.246 e. The largest absolute Gasteiger partial charge is 0.377 e. The van der Waals surface area contributed by atoms with Crippen LogP contribution in [0.2, 0.25) is 0 Å². The highest BCUT2D eigenvalue weighted by Crippen LogP contribution is 1.97. The van der Waals surface area contributed by atoms with Gasteiger partial charge in [-0.25, -0.2) is 0 Å². The summed E-state index contributed by atoms with van der Waals surface area (Å²) >= 11 is 0. The number of ketones is 1. The van der Waals surface area contributed by atoms with Gasteiger partial charge >= 0.3 is 0 Å². The molecule has 0 spiro atoms. The highest BCUT2D eigenvalue weighted by molar-refractivity contribution is 5.81. The highest BCUT2D eigenvalue weighted by Gasteiger charge is 2.11. The van der Waals surface area contributed by atoms with Crippen LogP contribution in [-0.4, -0.2) is 102 Å². The van der Waals surface area contributed by atoms with Crippen molar-refractivity contribution in [1.29, 1.82) is 0 Å². The van der Waals surface area contributed by atoms with Gasteiger partial charge in [0.05, 0.1) is 45.7 Å². The molecular formula is C23H43N3O8. The van der Waals surface area contributed by atoms with Crippen molar-refractivity contribution in [2.75, 3.05) is 65.9 Å². The highest BCUT2D eigenvalue weighted by atomic mass is 16.5. The average molecular weight is 490 g/mol. The summed E-state index contributed by atoms with van der Waals surface area (Å²) in [4.78, 5) is 45.7. The summed E-state index contributed by atoms with van der Waals surface area (Å²) in [5, 5.41) is 8.48. The van der Waals surface area contributed by atoms with Crippen molar-refractivity contribution < 1.29 is 38.1 Å². The molecule has 0 aromatic heterocycles. The van der Waals surface area contributed by atoms with Crippen LogP contribution in [0.5, 0.6) is 0 Å². The van der Waals surface area contributed by atoms with E-state index in [1.165, 1.54) is 0 Å². The lowest BCUT2D eigenvalue weighted by molar-refractivity contribution is -0.128. The number of rotatable bonds is 23. The number of aldehydes is 1. The minimum atomic E-state index is -0.323. The van der Waals surface area contributed by atoms with Gasteiger partial charge in [0.15, 0.2) is 5.78 Å². The monoisotopic (exact) mass is 489 g/mol. The number of carbonyl (C=O) groups excluding carboxylic acids is 4. The Bertz CT molecular complexity index is 572. The summed E-state index contributed by atoms with van der Waals surface area (Å²) in [7, 11) is 0. The fourth-order valence-electron chi connectivity index (χ4n) is 2.51. The maximum Gasteiger partial charge on any atom is 0.246 e. The Labute approximate surface area is 203 Å². The van der Waals surface area contributed by atoms with E-state index in [0.717, 1.165) is 6.29 Å². The minimum Gasteiger partial charge on any atom is -0.377 e. The molecule has 0 aliphatic rings. The summed E-state index contributed by atoms with van der Waals surface area (Å²) in [5.41, 5.74) is 0. The molecule has 1 atom stereocenters. The van der Waals surface area contributed by atoms with Gasteiger partial charge in [0, 0.05) is 31.5 Å². The SMILES string of the molecule is CC(C)NC(C=O)CCC(=O)NCCOCCOCC(=O)NCCOCCOCC(=O)C(C)C. The molecular weight excluding hydrogens is 446 g/mol. The Morgan fingerprint density at radius 2 is 1.26 bits per heavy atom. The lowest BCUT2D eigenvalue weighted by Crippen LogP contribution is -2.37. The first-order valence-electron chi connectivity index (χ1n) is 11.8. The number of nitrogens with one attached hydrogen (secondary N) is 3. The molecule has 0 aliphatic carbocycles. The van der Waals surface area contributed by atoms with Crippen LogP contribution in [0.15, 0.2) is 0 Å². The molecule has 0 rings (SSSR count). The van der Waals surface area contributed by atoms with Gasteiger partial charge in [0.2, 0.25) is 11.8 Å². The first-order valence-corrected chi connectivity index (χ1v) is 11.8. The van der Waals surface area contributed by atoms with Gasteiger partial charge in [-0.3, -0.25) is 14.4 Å². The maximum atomic E-state index is 11.8. The Kier molecular flexibility index (Phi) is 20.4. The van der Waals surface area contributed by atoms with Crippen molar-refractivity contribution in [3.8, 4) is 0 Å². The van der Waals surface area contributed by atoms with Gasteiger partial charge in [-0.05, 0) is 6.42 Å². The van der Waals surface area contributed by atoms with Crippen molar-refractivity contribution >= 4 is 23.9 Å². The van der Waals surface area contributed by atoms with Gasteiger partial charge < -0.3 is 39.7 Å². The average Bonchev–Trinajstić information content (AvgIpc) is 2.79. The van der Waals surface area contributed by atoms with E-state index in [2.05, 4.69) is 16.0 Å². The zero-order valence-corrected chi connectivity index (χ0v) is 21.1. The zero-order valence-electron chi connectivity index (χ0n) is 21.1. The minimum absolute atomic E-state index is 0.0378. The van der Waals surface area contributed by atoms with Crippen LogP contribution in [0, 0.1) is 5.92 Å². The molecule has 0 aromatic carbocycles. The Morgan fingerprint density at radius 3 is 1.79 bits per heavy atom. The van der Waals surface area contributed by atoms with Crippen LogP contribution in [0.4, 0.5) is 0 Å².